The molecule has 1 rings (SSSR count). The molecule has 0 unspecified atom stereocenters. The third-order valence-electron chi connectivity index (χ3n) is 2.04. The lowest BCUT2D eigenvalue weighted by molar-refractivity contribution is -0.385. The van der Waals surface area contributed by atoms with Crippen molar-refractivity contribution in [1.82, 2.24) is 5.32 Å². The number of thioether (sulfide) groups is 1. The van der Waals surface area contributed by atoms with Crippen molar-refractivity contribution in [2.75, 3.05) is 18.6 Å². The second kappa shape index (κ2) is 6.88. The van der Waals surface area contributed by atoms with Crippen LogP contribution in [0.2, 0.25) is 0 Å². The van der Waals surface area contributed by atoms with Gasteiger partial charge in [-0.25, -0.2) is 0 Å². The summed E-state index contributed by atoms with van der Waals surface area (Å²) >= 11 is 5.06. The monoisotopic (exact) mass is 304 g/mol. The first-order valence-corrected chi connectivity index (χ1v) is 6.96. The molecule has 0 fully saturated rings. The van der Waals surface area contributed by atoms with Crippen LogP contribution >= 0.6 is 27.7 Å². The van der Waals surface area contributed by atoms with Gasteiger partial charge in [-0.3, -0.25) is 10.1 Å². The Bertz CT molecular complexity index is 374. The van der Waals surface area contributed by atoms with Gasteiger partial charge in [-0.05, 0) is 18.4 Å². The van der Waals surface area contributed by atoms with E-state index in [4.69, 9.17) is 0 Å². The molecule has 0 saturated heterocycles. The van der Waals surface area contributed by atoms with Gasteiger partial charge in [-0.1, -0.05) is 15.9 Å². The molecule has 0 aromatic heterocycles. The molecule has 0 atom stereocenters. The Morgan fingerprint density at radius 1 is 1.56 bits per heavy atom. The zero-order chi connectivity index (χ0) is 12.0. The maximum Gasteiger partial charge on any atom is 0.273 e. The van der Waals surface area contributed by atoms with Gasteiger partial charge in [0.25, 0.3) is 5.69 Å². The maximum atomic E-state index is 10.8. The van der Waals surface area contributed by atoms with Crippen LogP contribution in [0.1, 0.15) is 5.56 Å². The average Bonchev–Trinajstić information content (AvgIpc) is 2.24. The average molecular weight is 305 g/mol. The normalized spacial score (nSPS) is 10.4. The molecule has 0 aliphatic rings. The Labute approximate surface area is 107 Å². The summed E-state index contributed by atoms with van der Waals surface area (Å²) in [5.41, 5.74) is 0.875. The quantitative estimate of drug-likeness (QED) is 0.499. The van der Waals surface area contributed by atoms with Gasteiger partial charge in [0.2, 0.25) is 0 Å². The number of nitro benzene ring substituents is 1. The first-order valence-electron chi connectivity index (χ1n) is 4.77. The van der Waals surface area contributed by atoms with Gasteiger partial charge in [-0.2, -0.15) is 11.8 Å². The lowest BCUT2D eigenvalue weighted by Gasteiger charge is -2.05. The van der Waals surface area contributed by atoms with E-state index in [0.29, 0.717) is 12.1 Å². The van der Waals surface area contributed by atoms with Gasteiger partial charge < -0.3 is 5.32 Å². The number of rotatable bonds is 6. The van der Waals surface area contributed by atoms with E-state index in [9.17, 15) is 10.1 Å². The van der Waals surface area contributed by atoms with Crippen LogP contribution in [-0.4, -0.2) is 23.5 Å². The summed E-state index contributed by atoms with van der Waals surface area (Å²) in [6, 6.07) is 4.99. The summed E-state index contributed by atoms with van der Waals surface area (Å²) in [6.07, 6.45) is 2.03. The van der Waals surface area contributed by atoms with Crippen LogP contribution < -0.4 is 5.32 Å². The molecule has 0 aliphatic heterocycles. The van der Waals surface area contributed by atoms with Gasteiger partial charge in [-0.15, -0.1) is 0 Å². The van der Waals surface area contributed by atoms with Crippen molar-refractivity contribution in [2.24, 2.45) is 0 Å². The lowest BCUT2D eigenvalue weighted by atomic mass is 10.2. The number of hydrogen-bond donors (Lipinski definition) is 1. The predicted octanol–water partition coefficient (Wildman–Crippen LogP) is 2.81. The van der Waals surface area contributed by atoms with E-state index in [1.165, 1.54) is 6.07 Å². The molecule has 0 bridgehead atoms. The molecule has 0 aliphatic carbocycles. The topological polar surface area (TPSA) is 55.2 Å². The van der Waals surface area contributed by atoms with Crippen LogP contribution in [0.15, 0.2) is 22.7 Å². The summed E-state index contributed by atoms with van der Waals surface area (Å²) in [5.74, 6) is 1.00. The molecule has 0 amide bonds. The van der Waals surface area contributed by atoms with Crippen LogP contribution in [0.25, 0.3) is 0 Å². The molecule has 0 spiro atoms. The van der Waals surface area contributed by atoms with Crippen LogP contribution in [0, 0.1) is 10.1 Å². The largest absolute Gasteiger partial charge is 0.312 e. The van der Waals surface area contributed by atoms with Gasteiger partial charge >= 0.3 is 0 Å². The number of nitrogens with zero attached hydrogens (tertiary/aromatic N) is 1. The minimum atomic E-state index is -0.349. The van der Waals surface area contributed by atoms with Crippen molar-refractivity contribution >= 4 is 33.4 Å². The molecule has 1 aromatic rings. The van der Waals surface area contributed by atoms with E-state index in [-0.39, 0.29) is 10.6 Å². The SMILES string of the molecule is CSCCNCc1cc(Br)ccc1[N+](=O)[O-]. The molecular formula is C10H13BrN2O2S. The minimum Gasteiger partial charge on any atom is -0.312 e. The number of benzene rings is 1. The van der Waals surface area contributed by atoms with Crippen LogP contribution in [0.3, 0.4) is 0 Å². The van der Waals surface area contributed by atoms with Crippen molar-refractivity contribution in [2.45, 2.75) is 6.54 Å². The fraction of sp³-hybridized carbons (Fsp3) is 0.400. The molecular weight excluding hydrogens is 292 g/mol. The first kappa shape index (κ1) is 13.5. The molecule has 88 valence electrons. The van der Waals surface area contributed by atoms with Gasteiger partial charge in [0, 0.05) is 34.9 Å². The van der Waals surface area contributed by atoms with E-state index in [1.54, 1.807) is 23.9 Å². The van der Waals surface area contributed by atoms with Gasteiger partial charge in [0.05, 0.1) is 4.92 Å². The summed E-state index contributed by atoms with van der Waals surface area (Å²) in [7, 11) is 0. The Balaban J connectivity index is 2.68. The van der Waals surface area contributed by atoms with Crippen LogP contribution in [0.5, 0.6) is 0 Å². The van der Waals surface area contributed by atoms with E-state index in [1.807, 2.05) is 6.26 Å². The van der Waals surface area contributed by atoms with Crippen molar-refractivity contribution in [1.29, 1.82) is 0 Å². The molecule has 1 aromatic carbocycles. The highest BCUT2D eigenvalue weighted by Crippen LogP contribution is 2.22. The molecule has 16 heavy (non-hydrogen) atoms. The lowest BCUT2D eigenvalue weighted by Crippen LogP contribution is -2.17. The fourth-order valence-electron chi connectivity index (χ4n) is 1.27. The Hall–Kier alpha value is -0.590. The molecule has 4 nitrogen and oxygen atoms in total. The number of nitro groups is 1. The molecule has 6 heteroatoms. The third kappa shape index (κ3) is 4.11. The highest BCUT2D eigenvalue weighted by atomic mass is 79.9. The number of nitrogens with one attached hydrogen (secondary N) is 1. The van der Waals surface area contributed by atoms with E-state index in [0.717, 1.165) is 16.8 Å². The maximum absolute atomic E-state index is 10.8. The molecule has 1 N–H and O–H groups in total. The van der Waals surface area contributed by atoms with Crippen LogP contribution in [0.4, 0.5) is 5.69 Å². The zero-order valence-corrected chi connectivity index (χ0v) is 11.3. The van der Waals surface area contributed by atoms with E-state index >= 15 is 0 Å². The van der Waals surface area contributed by atoms with Crippen molar-refractivity contribution in [3.63, 3.8) is 0 Å². The van der Waals surface area contributed by atoms with Crippen molar-refractivity contribution in [3.8, 4) is 0 Å². The van der Waals surface area contributed by atoms with E-state index in [2.05, 4.69) is 21.2 Å². The second-order valence-corrected chi connectivity index (χ2v) is 5.10. The first-order chi connectivity index (χ1) is 7.65. The fourth-order valence-corrected chi connectivity index (χ4v) is 2.03. The molecule has 0 heterocycles. The highest BCUT2D eigenvalue weighted by molar-refractivity contribution is 9.10. The Morgan fingerprint density at radius 2 is 2.31 bits per heavy atom. The smallest absolute Gasteiger partial charge is 0.273 e. The van der Waals surface area contributed by atoms with Gasteiger partial charge in [0.15, 0.2) is 0 Å². The molecule has 0 saturated carbocycles. The standard InChI is InChI=1S/C10H13BrN2O2S/c1-16-5-4-12-7-8-6-9(11)2-3-10(8)13(14)15/h2-3,6,12H,4-5,7H2,1H3. The summed E-state index contributed by atoms with van der Waals surface area (Å²) in [6.45, 7) is 1.38. The predicted molar refractivity (Wildman–Crippen MR) is 70.9 cm³/mol. The zero-order valence-electron chi connectivity index (χ0n) is 8.90. The summed E-state index contributed by atoms with van der Waals surface area (Å²) < 4.78 is 0.861. The van der Waals surface area contributed by atoms with Crippen molar-refractivity contribution in [3.05, 3.63) is 38.3 Å². The summed E-state index contributed by atoms with van der Waals surface area (Å²) in [5, 5.41) is 14.0. The van der Waals surface area contributed by atoms with Crippen molar-refractivity contribution < 1.29 is 4.92 Å². The Kier molecular flexibility index (Phi) is 5.79. The van der Waals surface area contributed by atoms with Gasteiger partial charge in [0.1, 0.15) is 0 Å². The third-order valence-corrected chi connectivity index (χ3v) is 3.14. The van der Waals surface area contributed by atoms with Crippen LogP contribution in [-0.2, 0) is 6.54 Å². The number of hydrogen-bond acceptors (Lipinski definition) is 4. The van der Waals surface area contributed by atoms with E-state index < -0.39 is 0 Å². The Morgan fingerprint density at radius 3 is 2.94 bits per heavy atom. The summed E-state index contributed by atoms with van der Waals surface area (Å²) in [4.78, 5) is 10.4. The second-order valence-electron chi connectivity index (χ2n) is 3.20. The molecule has 0 radical (unpaired) electrons. The highest BCUT2D eigenvalue weighted by Gasteiger charge is 2.12. The number of halogens is 1. The minimum absolute atomic E-state index is 0.167.